The highest BCUT2D eigenvalue weighted by Crippen LogP contribution is 2.66. The minimum atomic E-state index is -1.03. The second-order valence-electron chi connectivity index (χ2n) is 9.16. The Labute approximate surface area is 159 Å². The summed E-state index contributed by atoms with van der Waals surface area (Å²) in [5, 5.41) is 1.24. The van der Waals surface area contributed by atoms with Crippen LogP contribution in [0.4, 0.5) is 0 Å². The van der Waals surface area contributed by atoms with Gasteiger partial charge in [-0.3, -0.25) is 9.59 Å². The first-order valence-electron chi connectivity index (χ1n) is 9.87. The maximum absolute atomic E-state index is 13.8. The topological polar surface area (TPSA) is 62.4 Å². The largest absolute Gasteiger partial charge is 0.448 e. The minimum absolute atomic E-state index is 0.0288. The highest BCUT2D eigenvalue weighted by Gasteiger charge is 2.76. The Morgan fingerprint density at radius 2 is 1.96 bits per heavy atom. The molecule has 1 saturated heterocycles. The number of fused-ring (bicyclic) bond motifs is 5. The molecular weight excluding hydrogens is 340 g/mol. The number of hydrogen-bond acceptors (Lipinski definition) is 3. The van der Waals surface area contributed by atoms with Gasteiger partial charge in [-0.2, -0.15) is 0 Å². The van der Waals surface area contributed by atoms with Crippen LogP contribution in [0.25, 0.3) is 10.9 Å². The van der Waals surface area contributed by atoms with Crippen molar-refractivity contribution >= 4 is 22.8 Å². The quantitative estimate of drug-likeness (QED) is 0.782. The van der Waals surface area contributed by atoms with Gasteiger partial charge in [-0.05, 0) is 44.7 Å². The number of nitrogens with zero attached hydrogens (tertiary/aromatic N) is 1. The minimum Gasteiger partial charge on any atom is -0.448 e. The van der Waals surface area contributed by atoms with Gasteiger partial charge >= 0.3 is 5.97 Å². The Balaban J connectivity index is 1.55. The van der Waals surface area contributed by atoms with E-state index in [-0.39, 0.29) is 17.9 Å². The van der Waals surface area contributed by atoms with Crippen molar-refractivity contribution < 1.29 is 14.3 Å². The lowest BCUT2D eigenvalue weighted by atomic mass is 9.66. The van der Waals surface area contributed by atoms with Gasteiger partial charge in [-0.15, -0.1) is 0 Å². The third-order valence-electron chi connectivity index (χ3n) is 8.02. The summed E-state index contributed by atoms with van der Waals surface area (Å²) in [7, 11) is 0. The molecule has 27 heavy (non-hydrogen) atoms. The molecule has 1 aromatic carbocycles. The molecule has 142 valence electrons. The van der Waals surface area contributed by atoms with E-state index in [0.717, 1.165) is 17.6 Å². The monoisotopic (exact) mass is 366 g/mol. The maximum atomic E-state index is 13.8. The lowest BCUT2D eigenvalue weighted by molar-refractivity contribution is -0.175. The van der Waals surface area contributed by atoms with Crippen molar-refractivity contribution in [2.45, 2.75) is 58.6 Å². The summed E-state index contributed by atoms with van der Waals surface area (Å²) in [6, 6.07) is 8.23. The van der Waals surface area contributed by atoms with Crippen molar-refractivity contribution in [2.24, 2.45) is 10.8 Å². The number of aromatic nitrogens is 1. The molecule has 1 saturated carbocycles. The van der Waals surface area contributed by atoms with Crippen LogP contribution in [-0.2, 0) is 20.7 Å². The Bertz CT molecular complexity index is 991. The molecule has 5 nitrogen and oxygen atoms in total. The zero-order valence-corrected chi connectivity index (χ0v) is 16.4. The second kappa shape index (κ2) is 4.94. The van der Waals surface area contributed by atoms with Crippen LogP contribution >= 0.6 is 0 Å². The first-order valence-corrected chi connectivity index (χ1v) is 9.87. The molecule has 0 radical (unpaired) electrons. The molecule has 3 aliphatic rings. The average molecular weight is 366 g/mol. The summed E-state index contributed by atoms with van der Waals surface area (Å²) < 4.78 is 5.84. The summed E-state index contributed by atoms with van der Waals surface area (Å²) in [6.45, 7) is 8.71. The zero-order chi connectivity index (χ0) is 19.2. The van der Waals surface area contributed by atoms with Crippen LogP contribution < -0.4 is 0 Å². The lowest BCUT2D eigenvalue weighted by Gasteiger charge is -2.42. The number of nitrogens with one attached hydrogen (secondary N) is 1. The van der Waals surface area contributed by atoms with E-state index in [9.17, 15) is 9.59 Å². The van der Waals surface area contributed by atoms with Gasteiger partial charge in [0.2, 0.25) is 0 Å². The second-order valence-corrected chi connectivity index (χ2v) is 9.16. The Morgan fingerprint density at radius 1 is 1.22 bits per heavy atom. The van der Waals surface area contributed by atoms with Crippen LogP contribution in [-0.4, -0.2) is 33.9 Å². The first-order chi connectivity index (χ1) is 12.7. The Morgan fingerprint density at radius 3 is 2.63 bits per heavy atom. The van der Waals surface area contributed by atoms with E-state index in [1.165, 1.54) is 10.9 Å². The van der Waals surface area contributed by atoms with Gasteiger partial charge < -0.3 is 14.6 Å². The molecule has 5 rings (SSSR count). The van der Waals surface area contributed by atoms with Crippen molar-refractivity contribution in [3.63, 3.8) is 0 Å². The van der Waals surface area contributed by atoms with Crippen molar-refractivity contribution in [1.29, 1.82) is 0 Å². The molecule has 1 N–H and O–H groups in total. The van der Waals surface area contributed by atoms with Gasteiger partial charge in [0.15, 0.2) is 5.60 Å². The molecule has 1 amide bonds. The van der Waals surface area contributed by atoms with Crippen LogP contribution in [0.3, 0.4) is 0 Å². The van der Waals surface area contributed by atoms with E-state index >= 15 is 0 Å². The van der Waals surface area contributed by atoms with E-state index in [1.54, 1.807) is 0 Å². The number of rotatable bonds is 1. The number of ether oxygens (including phenoxy) is 1. The predicted octanol–water partition coefficient (Wildman–Crippen LogP) is 3.74. The summed E-state index contributed by atoms with van der Waals surface area (Å²) in [5.41, 5.74) is 1.41. The van der Waals surface area contributed by atoms with E-state index in [1.807, 2.05) is 31.7 Å². The number of hydrogen-bond donors (Lipinski definition) is 1. The third kappa shape index (κ3) is 1.76. The highest BCUT2D eigenvalue weighted by molar-refractivity contribution is 5.97. The van der Waals surface area contributed by atoms with Crippen molar-refractivity contribution in [3.05, 3.63) is 35.5 Å². The van der Waals surface area contributed by atoms with Gasteiger partial charge in [0, 0.05) is 28.6 Å². The molecule has 2 aliphatic heterocycles. The third-order valence-corrected chi connectivity index (χ3v) is 8.02. The molecule has 5 heteroatoms. The standard InChI is InChI=1S/C22H26N2O3/c1-13-17-15(14-7-5-6-8-16(14)23-17)9-12-24(13)18(25)22-11-10-21(4,19(26)27-22)20(22,2)3/h5-8,13,23H,9-12H2,1-4H3/t13-,21-,22+/m0/s1. The number of aromatic amines is 1. The first kappa shape index (κ1) is 16.8. The fraction of sp³-hybridized carbons (Fsp3) is 0.545. The smallest absolute Gasteiger partial charge is 0.313 e. The van der Waals surface area contributed by atoms with Crippen LogP contribution in [0.2, 0.25) is 0 Å². The number of carbonyl (C=O) groups excluding carboxylic acids is 2. The number of benzene rings is 1. The number of esters is 1. The zero-order valence-electron chi connectivity index (χ0n) is 16.4. The summed E-state index contributed by atoms with van der Waals surface area (Å²) in [5.74, 6) is -0.248. The van der Waals surface area contributed by atoms with Gasteiger partial charge in [0.05, 0.1) is 11.5 Å². The van der Waals surface area contributed by atoms with Gasteiger partial charge in [0.1, 0.15) is 0 Å². The summed E-state index contributed by atoms with van der Waals surface area (Å²) in [6.07, 6.45) is 2.14. The Hall–Kier alpha value is -2.30. The normalized spacial score (nSPS) is 34.0. The van der Waals surface area contributed by atoms with Crippen LogP contribution in [0, 0.1) is 10.8 Å². The fourth-order valence-electron chi connectivity index (χ4n) is 5.66. The number of H-pyrrole nitrogens is 1. The molecule has 2 aromatic rings. The lowest BCUT2D eigenvalue weighted by Crippen LogP contribution is -2.56. The molecule has 0 spiro atoms. The number of para-hydroxylation sites is 1. The van der Waals surface area contributed by atoms with Gasteiger partial charge in [-0.25, -0.2) is 0 Å². The molecule has 3 heterocycles. The van der Waals surface area contributed by atoms with Crippen molar-refractivity contribution in [2.75, 3.05) is 6.54 Å². The average Bonchev–Trinajstić information content (AvgIpc) is 3.17. The summed E-state index contributed by atoms with van der Waals surface area (Å²) >= 11 is 0. The Kier molecular flexibility index (Phi) is 3.08. The maximum Gasteiger partial charge on any atom is 0.313 e. The molecule has 0 unspecified atom stereocenters. The van der Waals surface area contributed by atoms with Crippen molar-refractivity contribution in [3.8, 4) is 0 Å². The molecule has 1 aromatic heterocycles. The SMILES string of the molecule is C[C@H]1c2[nH]c3ccccc3c2CCN1C(=O)[C@@]12CC[C@@](C)(C(=O)O1)C2(C)C. The predicted molar refractivity (Wildman–Crippen MR) is 102 cm³/mol. The molecule has 1 aliphatic carbocycles. The van der Waals surface area contributed by atoms with Crippen LogP contribution in [0.15, 0.2) is 24.3 Å². The van der Waals surface area contributed by atoms with Crippen molar-refractivity contribution in [1.82, 2.24) is 9.88 Å². The van der Waals surface area contributed by atoms with Gasteiger partial charge in [0.25, 0.3) is 5.91 Å². The van der Waals surface area contributed by atoms with E-state index in [4.69, 9.17) is 4.74 Å². The van der Waals surface area contributed by atoms with Crippen LogP contribution in [0.1, 0.15) is 57.8 Å². The number of amides is 1. The fourth-order valence-corrected chi connectivity index (χ4v) is 5.66. The molecule has 2 fully saturated rings. The van der Waals surface area contributed by atoms with E-state index in [2.05, 4.69) is 30.1 Å². The van der Waals surface area contributed by atoms with E-state index in [0.29, 0.717) is 19.4 Å². The number of carbonyl (C=O) groups is 2. The van der Waals surface area contributed by atoms with E-state index < -0.39 is 16.4 Å². The van der Waals surface area contributed by atoms with Crippen LogP contribution in [0.5, 0.6) is 0 Å². The van der Waals surface area contributed by atoms with Gasteiger partial charge in [-0.1, -0.05) is 32.0 Å². The molecule has 3 atom stereocenters. The highest BCUT2D eigenvalue weighted by atomic mass is 16.6. The molecular formula is C22H26N2O3. The molecule has 2 bridgehead atoms. The summed E-state index contributed by atoms with van der Waals surface area (Å²) in [4.78, 5) is 31.8.